The van der Waals surface area contributed by atoms with Crippen molar-refractivity contribution in [2.45, 2.75) is 63.1 Å². The molecule has 7 heteroatoms. The van der Waals surface area contributed by atoms with Crippen LogP contribution in [0.4, 0.5) is 17.6 Å². The summed E-state index contributed by atoms with van der Waals surface area (Å²) in [6, 6.07) is 0. The number of halogens is 4. The van der Waals surface area contributed by atoms with Crippen LogP contribution in [0.3, 0.4) is 0 Å². The first-order chi connectivity index (χ1) is 11.5. The van der Waals surface area contributed by atoms with E-state index in [4.69, 9.17) is 9.47 Å². The van der Waals surface area contributed by atoms with Gasteiger partial charge in [0, 0.05) is 14.0 Å². The standard InChI is InChI=1S/C18H26F4O3/c1-15(20,9-19)18(24-3)12-4-11-5-13(18)8-17(6-11,7-12)14(23)25-10-16(2,21)22/h11-13H,4-10H2,1-3H3. The van der Waals surface area contributed by atoms with Crippen LogP contribution < -0.4 is 0 Å². The lowest BCUT2D eigenvalue weighted by atomic mass is 9.42. The molecule has 144 valence electrons. The Morgan fingerprint density at radius 2 is 1.68 bits per heavy atom. The number of carbonyl (C=O) groups is 1. The number of rotatable bonds is 6. The smallest absolute Gasteiger partial charge is 0.312 e. The number of esters is 1. The Labute approximate surface area is 145 Å². The highest BCUT2D eigenvalue weighted by Crippen LogP contribution is 2.67. The van der Waals surface area contributed by atoms with Gasteiger partial charge in [-0.3, -0.25) is 4.79 Å². The van der Waals surface area contributed by atoms with Crippen LogP contribution in [0.25, 0.3) is 0 Å². The fraction of sp³-hybridized carbons (Fsp3) is 0.944. The van der Waals surface area contributed by atoms with Gasteiger partial charge >= 0.3 is 5.97 Å². The number of alkyl halides is 4. The molecule has 3 atom stereocenters. The molecule has 4 aliphatic carbocycles. The third-order valence-corrected chi connectivity index (χ3v) is 6.70. The second-order valence-electron chi connectivity index (χ2n) is 8.60. The summed E-state index contributed by atoms with van der Waals surface area (Å²) < 4.78 is 65.2. The van der Waals surface area contributed by atoms with Crippen LogP contribution in [-0.2, 0) is 14.3 Å². The minimum absolute atomic E-state index is 0.200. The number of methoxy groups -OCH3 is 1. The molecule has 4 saturated carbocycles. The van der Waals surface area contributed by atoms with Crippen molar-refractivity contribution in [3.8, 4) is 0 Å². The summed E-state index contributed by atoms with van der Waals surface area (Å²) in [4.78, 5) is 12.6. The first-order valence-corrected chi connectivity index (χ1v) is 8.85. The van der Waals surface area contributed by atoms with Crippen molar-refractivity contribution in [3.05, 3.63) is 0 Å². The van der Waals surface area contributed by atoms with Gasteiger partial charge in [-0.15, -0.1) is 0 Å². The van der Waals surface area contributed by atoms with Gasteiger partial charge in [-0.1, -0.05) is 0 Å². The molecule has 4 bridgehead atoms. The minimum Gasteiger partial charge on any atom is -0.459 e. The molecule has 0 aromatic heterocycles. The van der Waals surface area contributed by atoms with Gasteiger partial charge in [0.05, 0.1) is 5.41 Å². The predicted molar refractivity (Wildman–Crippen MR) is 82.8 cm³/mol. The zero-order valence-electron chi connectivity index (χ0n) is 14.9. The molecule has 0 amide bonds. The highest BCUT2D eigenvalue weighted by Gasteiger charge is 2.71. The van der Waals surface area contributed by atoms with Gasteiger partial charge < -0.3 is 9.47 Å². The summed E-state index contributed by atoms with van der Waals surface area (Å²) in [7, 11) is 1.40. The molecule has 0 heterocycles. The van der Waals surface area contributed by atoms with E-state index in [0.29, 0.717) is 39.0 Å². The first kappa shape index (κ1) is 18.9. The molecule has 3 unspecified atom stereocenters. The Morgan fingerprint density at radius 3 is 2.12 bits per heavy atom. The quantitative estimate of drug-likeness (QED) is 0.525. The second-order valence-corrected chi connectivity index (χ2v) is 8.60. The Balaban J connectivity index is 1.87. The van der Waals surface area contributed by atoms with Gasteiger partial charge in [0.1, 0.15) is 12.3 Å². The average Bonchev–Trinajstić information content (AvgIpc) is 2.51. The van der Waals surface area contributed by atoms with Gasteiger partial charge in [-0.25, -0.2) is 17.6 Å². The van der Waals surface area contributed by atoms with E-state index >= 15 is 4.39 Å². The summed E-state index contributed by atoms with van der Waals surface area (Å²) in [6.45, 7) is -0.181. The van der Waals surface area contributed by atoms with Crippen LogP contribution >= 0.6 is 0 Å². The van der Waals surface area contributed by atoms with E-state index in [1.54, 1.807) is 0 Å². The molecule has 4 rings (SSSR count). The molecule has 25 heavy (non-hydrogen) atoms. The third kappa shape index (κ3) is 2.77. The summed E-state index contributed by atoms with van der Waals surface area (Å²) in [5, 5.41) is 0. The van der Waals surface area contributed by atoms with E-state index < -0.39 is 41.9 Å². The Hall–Kier alpha value is -0.850. The van der Waals surface area contributed by atoms with E-state index in [-0.39, 0.29) is 17.8 Å². The zero-order chi connectivity index (χ0) is 18.7. The Morgan fingerprint density at radius 1 is 1.12 bits per heavy atom. The fourth-order valence-electron chi connectivity index (χ4n) is 6.06. The largest absolute Gasteiger partial charge is 0.459 e. The fourth-order valence-corrected chi connectivity index (χ4v) is 6.06. The molecule has 3 nitrogen and oxygen atoms in total. The lowest BCUT2D eigenvalue weighted by Gasteiger charge is -2.65. The molecule has 0 spiro atoms. The van der Waals surface area contributed by atoms with E-state index in [1.165, 1.54) is 14.0 Å². The summed E-state index contributed by atoms with van der Waals surface area (Å²) >= 11 is 0. The number of hydrogen-bond acceptors (Lipinski definition) is 3. The van der Waals surface area contributed by atoms with Gasteiger partial charge in [-0.05, 0) is 56.8 Å². The predicted octanol–water partition coefficient (Wildman–Crippen LogP) is 4.09. The van der Waals surface area contributed by atoms with Crippen molar-refractivity contribution >= 4 is 5.97 Å². The van der Waals surface area contributed by atoms with Gasteiger partial charge in [-0.2, -0.15) is 0 Å². The van der Waals surface area contributed by atoms with Crippen molar-refractivity contribution in [1.82, 2.24) is 0 Å². The Bertz CT molecular complexity index is 527. The molecule has 0 aromatic carbocycles. The molecule has 0 aliphatic heterocycles. The molecule has 0 aromatic rings. The molecule has 4 aliphatic rings. The van der Waals surface area contributed by atoms with Crippen molar-refractivity contribution in [2.75, 3.05) is 20.4 Å². The Kier molecular flexibility index (Phi) is 4.41. The van der Waals surface area contributed by atoms with Gasteiger partial charge in [0.25, 0.3) is 5.92 Å². The molecular weight excluding hydrogens is 340 g/mol. The maximum Gasteiger partial charge on any atom is 0.312 e. The third-order valence-electron chi connectivity index (χ3n) is 6.70. The first-order valence-electron chi connectivity index (χ1n) is 8.85. The monoisotopic (exact) mass is 366 g/mol. The molecular formula is C18H26F4O3. The van der Waals surface area contributed by atoms with Crippen LogP contribution in [0.5, 0.6) is 0 Å². The van der Waals surface area contributed by atoms with E-state index in [2.05, 4.69) is 0 Å². The van der Waals surface area contributed by atoms with E-state index in [0.717, 1.165) is 0 Å². The van der Waals surface area contributed by atoms with Crippen LogP contribution in [-0.4, -0.2) is 43.6 Å². The van der Waals surface area contributed by atoms with Gasteiger partial charge in [0.15, 0.2) is 12.3 Å². The highest BCUT2D eigenvalue weighted by atomic mass is 19.3. The van der Waals surface area contributed by atoms with Crippen molar-refractivity contribution in [3.63, 3.8) is 0 Å². The van der Waals surface area contributed by atoms with Crippen molar-refractivity contribution in [1.29, 1.82) is 0 Å². The average molecular weight is 366 g/mol. The number of carbonyl (C=O) groups excluding carboxylic acids is 1. The van der Waals surface area contributed by atoms with Crippen molar-refractivity contribution < 1.29 is 31.8 Å². The zero-order valence-corrected chi connectivity index (χ0v) is 14.9. The summed E-state index contributed by atoms with van der Waals surface area (Å²) in [6.07, 6.45) is 2.53. The molecule has 0 saturated heterocycles. The van der Waals surface area contributed by atoms with E-state index in [1.807, 2.05) is 0 Å². The molecule has 0 N–H and O–H groups in total. The summed E-state index contributed by atoms with van der Waals surface area (Å²) in [5.41, 5.74) is -4.28. The topological polar surface area (TPSA) is 35.5 Å². The lowest BCUT2D eigenvalue weighted by Crippen LogP contribution is -2.71. The number of hydrogen-bond donors (Lipinski definition) is 0. The highest BCUT2D eigenvalue weighted by molar-refractivity contribution is 5.77. The normalized spacial score (nSPS) is 42.3. The van der Waals surface area contributed by atoms with Crippen LogP contribution in [0.15, 0.2) is 0 Å². The second kappa shape index (κ2) is 5.83. The van der Waals surface area contributed by atoms with Crippen LogP contribution in [0, 0.1) is 23.2 Å². The molecule has 4 fully saturated rings. The van der Waals surface area contributed by atoms with Crippen molar-refractivity contribution in [2.24, 2.45) is 23.2 Å². The van der Waals surface area contributed by atoms with Crippen LogP contribution in [0.2, 0.25) is 0 Å². The minimum atomic E-state index is -3.08. The van der Waals surface area contributed by atoms with Gasteiger partial charge in [0.2, 0.25) is 0 Å². The lowest BCUT2D eigenvalue weighted by molar-refractivity contribution is -0.271. The SMILES string of the molecule is COC1(C(C)(F)CF)C2CC3CC1CC(C(=O)OCC(C)(F)F)(C3)C2. The summed E-state index contributed by atoms with van der Waals surface area (Å²) in [5.74, 6) is -4.14. The maximum absolute atomic E-state index is 15.1. The maximum atomic E-state index is 15.1. The van der Waals surface area contributed by atoms with E-state index in [9.17, 15) is 18.0 Å². The number of ether oxygens (including phenoxy) is 2. The van der Waals surface area contributed by atoms with Crippen LogP contribution in [0.1, 0.15) is 46.0 Å². The molecule has 0 radical (unpaired) electrons.